The first kappa shape index (κ1) is 18.1. The fourth-order valence-corrected chi connectivity index (χ4v) is 3.67. The number of halogens is 1. The van der Waals surface area contributed by atoms with Crippen molar-refractivity contribution in [1.82, 2.24) is 4.90 Å². The topological polar surface area (TPSA) is 38.8 Å². The molecule has 0 aliphatic carbocycles. The Kier molecular flexibility index (Phi) is 6.26. The van der Waals surface area contributed by atoms with Crippen molar-refractivity contribution in [3.63, 3.8) is 0 Å². The summed E-state index contributed by atoms with van der Waals surface area (Å²) in [6, 6.07) is 13.8. The molecule has 0 bridgehead atoms. The Morgan fingerprint density at radius 1 is 1.16 bits per heavy atom. The molecule has 1 aliphatic heterocycles. The average Bonchev–Trinajstić information content (AvgIpc) is 2.65. The van der Waals surface area contributed by atoms with Crippen LogP contribution in [0.3, 0.4) is 0 Å². The van der Waals surface area contributed by atoms with Crippen molar-refractivity contribution in [1.29, 1.82) is 0 Å². The molecular weight excluding hydrogens is 402 g/mol. The molecule has 0 atom stereocenters. The van der Waals surface area contributed by atoms with Crippen molar-refractivity contribution >= 4 is 33.6 Å². The zero-order valence-electron chi connectivity index (χ0n) is 14.0. The number of nitrogens with zero attached hydrogens (tertiary/aromatic N) is 1. The molecule has 6 heteroatoms. The molecule has 0 fully saturated rings. The zero-order chi connectivity index (χ0) is 17.6. The summed E-state index contributed by atoms with van der Waals surface area (Å²) in [5.74, 6) is 2.06. The highest BCUT2D eigenvalue weighted by atomic mass is 79.9. The second kappa shape index (κ2) is 8.63. The van der Waals surface area contributed by atoms with Crippen molar-refractivity contribution in [2.24, 2.45) is 0 Å². The number of para-hydroxylation sites is 1. The van der Waals surface area contributed by atoms with Crippen LogP contribution in [0.25, 0.3) is 0 Å². The second-order valence-corrected chi connectivity index (χ2v) is 7.56. The highest BCUT2D eigenvalue weighted by molar-refractivity contribution is 9.10. The van der Waals surface area contributed by atoms with Crippen LogP contribution in [-0.2, 0) is 11.3 Å². The van der Waals surface area contributed by atoms with Gasteiger partial charge in [-0.15, -0.1) is 11.8 Å². The number of carbonyl (C=O) groups excluding carboxylic acids is 1. The average molecular weight is 422 g/mol. The Morgan fingerprint density at radius 3 is 2.68 bits per heavy atom. The van der Waals surface area contributed by atoms with Crippen LogP contribution in [-0.4, -0.2) is 36.3 Å². The largest absolute Gasteiger partial charge is 0.486 e. The van der Waals surface area contributed by atoms with Crippen LogP contribution < -0.4 is 9.47 Å². The minimum atomic E-state index is 0.116. The maximum Gasteiger partial charge on any atom is 0.233 e. The van der Waals surface area contributed by atoms with Gasteiger partial charge in [0.2, 0.25) is 5.91 Å². The van der Waals surface area contributed by atoms with E-state index in [9.17, 15) is 4.79 Å². The van der Waals surface area contributed by atoms with E-state index in [0.717, 1.165) is 26.4 Å². The molecule has 2 aromatic rings. The van der Waals surface area contributed by atoms with E-state index >= 15 is 0 Å². The predicted octanol–water partition coefficient (Wildman–Crippen LogP) is 4.36. The lowest BCUT2D eigenvalue weighted by Gasteiger charge is -2.25. The van der Waals surface area contributed by atoms with Crippen LogP contribution in [0.5, 0.6) is 11.5 Å². The smallest absolute Gasteiger partial charge is 0.233 e. The summed E-state index contributed by atoms with van der Waals surface area (Å²) in [4.78, 5) is 15.5. The van der Waals surface area contributed by atoms with E-state index < -0.39 is 0 Å². The highest BCUT2D eigenvalue weighted by Crippen LogP contribution is 2.34. The number of hydrogen-bond donors (Lipinski definition) is 0. The van der Waals surface area contributed by atoms with Crippen molar-refractivity contribution in [2.75, 3.05) is 25.5 Å². The lowest BCUT2D eigenvalue weighted by atomic mass is 10.1. The molecule has 0 saturated heterocycles. The molecule has 2 aromatic carbocycles. The number of rotatable bonds is 6. The third kappa shape index (κ3) is 4.70. The Bertz CT molecular complexity index is 736. The summed E-state index contributed by atoms with van der Waals surface area (Å²) < 4.78 is 12.4. The Labute approximate surface area is 160 Å². The number of carbonyl (C=O) groups is 1. The van der Waals surface area contributed by atoms with Gasteiger partial charge in [-0.25, -0.2) is 0 Å². The second-order valence-electron chi connectivity index (χ2n) is 5.59. The zero-order valence-corrected chi connectivity index (χ0v) is 16.4. The van der Waals surface area contributed by atoms with E-state index in [4.69, 9.17) is 9.47 Å². The minimum absolute atomic E-state index is 0.116. The molecule has 132 valence electrons. The standard InChI is InChI=1S/C19H20BrNO3S/c1-2-21(18(22)13-25-16-8-6-15(20)7-9-16)12-14-4-3-5-17-19(14)24-11-10-23-17/h3-9H,2,10-13H2,1H3. The molecular formula is C19H20BrNO3S. The Balaban J connectivity index is 1.64. The number of hydrogen-bond acceptors (Lipinski definition) is 4. The molecule has 0 spiro atoms. The molecule has 0 saturated carbocycles. The fourth-order valence-electron chi connectivity index (χ4n) is 2.61. The first-order valence-electron chi connectivity index (χ1n) is 8.21. The predicted molar refractivity (Wildman–Crippen MR) is 103 cm³/mol. The van der Waals surface area contributed by atoms with Crippen LogP contribution in [0.2, 0.25) is 0 Å². The Morgan fingerprint density at radius 2 is 1.92 bits per heavy atom. The van der Waals surface area contributed by atoms with Gasteiger partial charge in [-0.3, -0.25) is 4.79 Å². The highest BCUT2D eigenvalue weighted by Gasteiger charge is 2.19. The van der Waals surface area contributed by atoms with Crippen LogP contribution >= 0.6 is 27.7 Å². The van der Waals surface area contributed by atoms with E-state index in [1.165, 1.54) is 0 Å². The van der Waals surface area contributed by atoms with Gasteiger partial charge in [-0.1, -0.05) is 28.1 Å². The van der Waals surface area contributed by atoms with Gasteiger partial charge in [0.1, 0.15) is 13.2 Å². The summed E-state index contributed by atoms with van der Waals surface area (Å²) in [6.45, 7) is 4.29. The van der Waals surface area contributed by atoms with Gasteiger partial charge < -0.3 is 14.4 Å². The Hall–Kier alpha value is -1.66. The van der Waals surface area contributed by atoms with E-state index in [0.29, 0.717) is 32.1 Å². The van der Waals surface area contributed by atoms with Crippen molar-refractivity contribution < 1.29 is 14.3 Å². The lowest BCUT2D eigenvalue weighted by Crippen LogP contribution is -2.32. The van der Waals surface area contributed by atoms with Gasteiger partial charge >= 0.3 is 0 Å². The molecule has 1 heterocycles. The van der Waals surface area contributed by atoms with E-state index in [1.54, 1.807) is 11.8 Å². The molecule has 4 nitrogen and oxygen atoms in total. The third-order valence-electron chi connectivity index (χ3n) is 3.92. The summed E-state index contributed by atoms with van der Waals surface area (Å²) >= 11 is 4.97. The van der Waals surface area contributed by atoms with Crippen LogP contribution in [0.4, 0.5) is 0 Å². The molecule has 0 aromatic heterocycles. The third-order valence-corrected chi connectivity index (χ3v) is 5.44. The number of amides is 1. The molecule has 3 rings (SSSR count). The monoisotopic (exact) mass is 421 g/mol. The van der Waals surface area contributed by atoms with E-state index in [2.05, 4.69) is 15.9 Å². The quantitative estimate of drug-likeness (QED) is 0.649. The summed E-state index contributed by atoms with van der Waals surface area (Å²) in [5, 5.41) is 0. The minimum Gasteiger partial charge on any atom is -0.486 e. The van der Waals surface area contributed by atoms with Crippen molar-refractivity contribution in [2.45, 2.75) is 18.4 Å². The van der Waals surface area contributed by atoms with Gasteiger partial charge in [-0.2, -0.15) is 0 Å². The molecule has 0 N–H and O–H groups in total. The molecule has 0 unspecified atom stereocenters. The van der Waals surface area contributed by atoms with Gasteiger partial charge in [0, 0.05) is 28.0 Å². The number of benzene rings is 2. The molecule has 0 radical (unpaired) electrons. The summed E-state index contributed by atoms with van der Waals surface area (Å²) in [6.07, 6.45) is 0. The maximum absolute atomic E-state index is 12.6. The summed E-state index contributed by atoms with van der Waals surface area (Å²) in [5.41, 5.74) is 0.987. The summed E-state index contributed by atoms with van der Waals surface area (Å²) in [7, 11) is 0. The van der Waals surface area contributed by atoms with Gasteiger partial charge in [-0.05, 0) is 37.3 Å². The molecule has 25 heavy (non-hydrogen) atoms. The van der Waals surface area contributed by atoms with Crippen LogP contribution in [0, 0.1) is 0 Å². The van der Waals surface area contributed by atoms with E-state index in [1.807, 2.05) is 54.3 Å². The van der Waals surface area contributed by atoms with Crippen molar-refractivity contribution in [3.05, 3.63) is 52.5 Å². The lowest BCUT2D eigenvalue weighted by molar-refractivity contribution is -0.128. The number of ether oxygens (including phenoxy) is 2. The van der Waals surface area contributed by atoms with Gasteiger partial charge in [0.25, 0.3) is 0 Å². The van der Waals surface area contributed by atoms with Gasteiger partial charge in [0.15, 0.2) is 11.5 Å². The molecule has 1 aliphatic rings. The van der Waals surface area contributed by atoms with Crippen molar-refractivity contribution in [3.8, 4) is 11.5 Å². The number of fused-ring (bicyclic) bond motifs is 1. The number of thioether (sulfide) groups is 1. The maximum atomic E-state index is 12.6. The van der Waals surface area contributed by atoms with Gasteiger partial charge in [0.05, 0.1) is 5.75 Å². The van der Waals surface area contributed by atoms with Crippen LogP contribution in [0.1, 0.15) is 12.5 Å². The fraction of sp³-hybridized carbons (Fsp3) is 0.316. The first-order chi connectivity index (χ1) is 12.2. The SMILES string of the molecule is CCN(Cc1cccc2c1OCCO2)C(=O)CSc1ccc(Br)cc1. The molecule has 1 amide bonds. The first-order valence-corrected chi connectivity index (χ1v) is 9.99. The normalized spacial score (nSPS) is 12.7. The van der Waals surface area contributed by atoms with E-state index in [-0.39, 0.29) is 5.91 Å². The van der Waals surface area contributed by atoms with Crippen LogP contribution in [0.15, 0.2) is 51.8 Å².